The number of hydrogen-bond acceptors (Lipinski definition) is 3. The number of aliphatic carboxylic acids is 1. The fraction of sp³-hybridized carbons (Fsp3) is 0.385. The molecule has 0 radical (unpaired) electrons. The Labute approximate surface area is 106 Å². The van der Waals surface area contributed by atoms with E-state index >= 15 is 0 Å². The summed E-state index contributed by atoms with van der Waals surface area (Å²) in [6, 6.07) is 6.09. The third kappa shape index (κ3) is 3.56. The van der Waals surface area contributed by atoms with Crippen molar-refractivity contribution in [3.05, 3.63) is 35.4 Å². The number of nitrogens with one attached hydrogen (secondary N) is 1. The van der Waals surface area contributed by atoms with E-state index in [1.807, 2.05) is 19.1 Å². The van der Waals surface area contributed by atoms with Crippen LogP contribution in [0.2, 0.25) is 0 Å². The number of aryl methyl sites for hydroxylation is 1. The topological polar surface area (TPSA) is 75.6 Å². The van der Waals surface area contributed by atoms with E-state index in [0.29, 0.717) is 12.0 Å². The van der Waals surface area contributed by atoms with E-state index in [0.717, 1.165) is 5.56 Å². The van der Waals surface area contributed by atoms with Crippen LogP contribution in [0.3, 0.4) is 0 Å². The van der Waals surface area contributed by atoms with E-state index < -0.39 is 17.9 Å². The molecule has 0 saturated heterocycles. The molecule has 0 unspecified atom stereocenters. The Morgan fingerprint density at radius 2 is 2.06 bits per heavy atom. The van der Waals surface area contributed by atoms with E-state index in [2.05, 4.69) is 5.32 Å². The maximum atomic E-state index is 12.0. The molecule has 0 aliphatic carbocycles. The fourth-order valence-electron chi connectivity index (χ4n) is 1.63. The van der Waals surface area contributed by atoms with E-state index in [9.17, 15) is 9.59 Å². The SMILES string of the molecule is CCc1ccccc1C(=O)N[C@@H](COC)C(=O)O. The summed E-state index contributed by atoms with van der Waals surface area (Å²) in [7, 11) is 1.39. The lowest BCUT2D eigenvalue weighted by molar-refractivity contribution is -0.140. The number of ether oxygens (including phenoxy) is 1. The molecule has 0 fully saturated rings. The van der Waals surface area contributed by atoms with E-state index in [1.165, 1.54) is 7.11 Å². The minimum atomic E-state index is -1.11. The summed E-state index contributed by atoms with van der Waals surface area (Å²) in [5.74, 6) is -1.50. The summed E-state index contributed by atoms with van der Waals surface area (Å²) in [5.41, 5.74) is 1.39. The molecule has 98 valence electrons. The highest BCUT2D eigenvalue weighted by Crippen LogP contribution is 2.09. The summed E-state index contributed by atoms with van der Waals surface area (Å²) < 4.78 is 4.76. The van der Waals surface area contributed by atoms with Crippen molar-refractivity contribution in [1.29, 1.82) is 0 Å². The van der Waals surface area contributed by atoms with Crippen molar-refractivity contribution in [3.8, 4) is 0 Å². The maximum absolute atomic E-state index is 12.0. The number of carbonyl (C=O) groups is 2. The van der Waals surface area contributed by atoms with Gasteiger partial charge in [0, 0.05) is 12.7 Å². The van der Waals surface area contributed by atoms with Crippen LogP contribution in [0.25, 0.3) is 0 Å². The predicted molar refractivity (Wildman–Crippen MR) is 66.6 cm³/mol. The summed E-state index contributed by atoms with van der Waals surface area (Å²) >= 11 is 0. The molecule has 0 aliphatic heterocycles. The van der Waals surface area contributed by atoms with Crippen molar-refractivity contribution in [2.24, 2.45) is 0 Å². The van der Waals surface area contributed by atoms with Gasteiger partial charge >= 0.3 is 5.97 Å². The Balaban J connectivity index is 2.83. The smallest absolute Gasteiger partial charge is 0.328 e. The van der Waals surface area contributed by atoms with Crippen molar-refractivity contribution in [2.75, 3.05) is 13.7 Å². The van der Waals surface area contributed by atoms with Gasteiger partial charge < -0.3 is 15.2 Å². The van der Waals surface area contributed by atoms with Gasteiger partial charge in [-0.15, -0.1) is 0 Å². The molecule has 1 amide bonds. The number of carboxylic acids is 1. The molecular weight excluding hydrogens is 234 g/mol. The molecular formula is C13H17NO4. The standard InChI is InChI=1S/C13H17NO4/c1-3-9-6-4-5-7-10(9)12(15)14-11(8-18-2)13(16)17/h4-7,11H,3,8H2,1-2H3,(H,14,15)(H,16,17)/t11-/m0/s1. The summed E-state index contributed by atoms with van der Waals surface area (Å²) in [5, 5.41) is 11.4. The molecule has 2 N–H and O–H groups in total. The predicted octanol–water partition coefficient (Wildman–Crippen LogP) is 1.08. The third-order valence-electron chi connectivity index (χ3n) is 2.58. The first-order chi connectivity index (χ1) is 8.60. The number of benzene rings is 1. The van der Waals surface area contributed by atoms with Gasteiger partial charge in [0.15, 0.2) is 6.04 Å². The number of hydrogen-bond donors (Lipinski definition) is 2. The zero-order valence-electron chi connectivity index (χ0n) is 10.5. The van der Waals surface area contributed by atoms with Crippen molar-refractivity contribution < 1.29 is 19.4 Å². The molecule has 5 nitrogen and oxygen atoms in total. The lowest BCUT2D eigenvalue weighted by atomic mass is 10.0. The van der Waals surface area contributed by atoms with Crippen LogP contribution in [-0.2, 0) is 16.0 Å². The number of carboxylic acid groups (broad SMARTS) is 1. The van der Waals surface area contributed by atoms with Crippen molar-refractivity contribution in [3.63, 3.8) is 0 Å². The van der Waals surface area contributed by atoms with Gasteiger partial charge in [-0.1, -0.05) is 25.1 Å². The summed E-state index contributed by atoms with van der Waals surface area (Å²) in [6.45, 7) is 1.88. The van der Waals surface area contributed by atoms with Crippen LogP contribution in [0.1, 0.15) is 22.8 Å². The Kier molecular flexibility index (Phi) is 5.32. The van der Waals surface area contributed by atoms with Crippen molar-refractivity contribution in [1.82, 2.24) is 5.32 Å². The average Bonchev–Trinajstić information content (AvgIpc) is 2.37. The van der Waals surface area contributed by atoms with Crippen LogP contribution < -0.4 is 5.32 Å². The molecule has 5 heteroatoms. The highest BCUT2D eigenvalue weighted by molar-refractivity contribution is 5.97. The molecule has 1 rings (SSSR count). The Morgan fingerprint density at radius 3 is 2.61 bits per heavy atom. The molecule has 18 heavy (non-hydrogen) atoms. The molecule has 1 atom stereocenters. The zero-order chi connectivity index (χ0) is 13.5. The van der Waals surface area contributed by atoms with Gasteiger partial charge in [0.2, 0.25) is 0 Å². The Morgan fingerprint density at radius 1 is 1.39 bits per heavy atom. The molecule has 0 aliphatic rings. The first-order valence-electron chi connectivity index (χ1n) is 5.70. The summed E-state index contributed by atoms with van der Waals surface area (Å²) in [4.78, 5) is 22.9. The quantitative estimate of drug-likeness (QED) is 0.793. The van der Waals surface area contributed by atoms with Gasteiger partial charge in [-0.25, -0.2) is 4.79 Å². The second-order valence-corrected chi connectivity index (χ2v) is 3.83. The lowest BCUT2D eigenvalue weighted by Gasteiger charge is -2.14. The monoisotopic (exact) mass is 251 g/mol. The molecule has 1 aromatic carbocycles. The molecule has 1 aromatic rings. The number of methoxy groups -OCH3 is 1. The van der Waals surface area contributed by atoms with E-state index in [1.54, 1.807) is 12.1 Å². The highest BCUT2D eigenvalue weighted by Gasteiger charge is 2.21. The minimum absolute atomic E-state index is 0.0602. The van der Waals surface area contributed by atoms with Crippen LogP contribution in [0.4, 0.5) is 0 Å². The number of rotatable bonds is 6. The van der Waals surface area contributed by atoms with Crippen molar-refractivity contribution >= 4 is 11.9 Å². The Hall–Kier alpha value is -1.88. The third-order valence-corrected chi connectivity index (χ3v) is 2.58. The molecule has 0 saturated carbocycles. The normalized spacial score (nSPS) is 11.9. The van der Waals surface area contributed by atoms with Crippen LogP contribution in [0, 0.1) is 0 Å². The molecule has 0 aromatic heterocycles. The number of amides is 1. The van der Waals surface area contributed by atoms with Gasteiger partial charge in [0.1, 0.15) is 0 Å². The van der Waals surface area contributed by atoms with E-state index in [-0.39, 0.29) is 6.61 Å². The van der Waals surface area contributed by atoms with Crippen molar-refractivity contribution in [2.45, 2.75) is 19.4 Å². The van der Waals surface area contributed by atoms with Gasteiger partial charge in [0.25, 0.3) is 5.91 Å². The van der Waals surface area contributed by atoms with Gasteiger partial charge in [0.05, 0.1) is 6.61 Å². The van der Waals surface area contributed by atoms with Gasteiger partial charge in [-0.3, -0.25) is 4.79 Å². The molecule has 0 spiro atoms. The maximum Gasteiger partial charge on any atom is 0.328 e. The summed E-state index contributed by atoms with van der Waals surface area (Å²) in [6.07, 6.45) is 0.714. The fourth-order valence-corrected chi connectivity index (χ4v) is 1.63. The van der Waals surface area contributed by atoms with Crippen LogP contribution in [-0.4, -0.2) is 36.7 Å². The van der Waals surface area contributed by atoms with Gasteiger partial charge in [-0.2, -0.15) is 0 Å². The average molecular weight is 251 g/mol. The van der Waals surface area contributed by atoms with Gasteiger partial charge in [-0.05, 0) is 18.1 Å². The van der Waals surface area contributed by atoms with Crippen LogP contribution >= 0.6 is 0 Å². The van der Waals surface area contributed by atoms with E-state index in [4.69, 9.17) is 9.84 Å². The number of carbonyl (C=O) groups excluding carboxylic acids is 1. The van der Waals surface area contributed by atoms with Crippen LogP contribution in [0.15, 0.2) is 24.3 Å². The lowest BCUT2D eigenvalue weighted by Crippen LogP contribution is -2.44. The Bertz CT molecular complexity index is 431. The van der Waals surface area contributed by atoms with Crippen LogP contribution in [0.5, 0.6) is 0 Å². The minimum Gasteiger partial charge on any atom is -0.480 e. The molecule has 0 bridgehead atoms. The highest BCUT2D eigenvalue weighted by atomic mass is 16.5. The first kappa shape index (κ1) is 14.2. The zero-order valence-corrected chi connectivity index (χ0v) is 10.5. The second kappa shape index (κ2) is 6.76. The second-order valence-electron chi connectivity index (χ2n) is 3.83. The largest absolute Gasteiger partial charge is 0.480 e. The first-order valence-corrected chi connectivity index (χ1v) is 5.70. The molecule has 0 heterocycles.